The van der Waals surface area contributed by atoms with E-state index in [2.05, 4.69) is 53.6 Å². The van der Waals surface area contributed by atoms with E-state index in [-0.39, 0.29) is 0 Å². The van der Waals surface area contributed by atoms with E-state index in [9.17, 15) is 0 Å². The Balaban J connectivity index is 2.01. The second kappa shape index (κ2) is 11.5. The molecule has 27 heavy (non-hydrogen) atoms. The summed E-state index contributed by atoms with van der Waals surface area (Å²) >= 11 is 6.25. The van der Waals surface area contributed by atoms with Gasteiger partial charge in [-0.2, -0.15) is 5.10 Å². The maximum Gasteiger partial charge on any atom is 0.155 e. The molecule has 1 aromatic heterocycles. The van der Waals surface area contributed by atoms with E-state index in [0.717, 1.165) is 86.9 Å². The van der Waals surface area contributed by atoms with Gasteiger partial charge in [-0.1, -0.05) is 39.3 Å². The molecule has 0 unspecified atom stereocenters. The van der Waals surface area contributed by atoms with Gasteiger partial charge in [0, 0.05) is 23.5 Å². The molecule has 0 amide bonds. The standard InChI is InChI=1S/C21H36ClN5/c1-5-25(6-2)14-9-13-23-21-19-12-11-18(22)17-20(19)27(24-21)16-10-15-26(7-3)8-4/h11-12,17H,5-10,13-16H2,1-4H3,(H,23,24). The van der Waals surface area contributed by atoms with Gasteiger partial charge in [0.25, 0.3) is 0 Å². The SMILES string of the molecule is CCN(CC)CCCNc1nn(CCCN(CC)CC)c2cc(Cl)ccc12. The van der Waals surface area contributed by atoms with Crippen molar-refractivity contribution in [2.45, 2.75) is 47.1 Å². The van der Waals surface area contributed by atoms with E-state index in [4.69, 9.17) is 16.7 Å². The Labute approximate surface area is 169 Å². The first-order valence-electron chi connectivity index (χ1n) is 10.5. The van der Waals surface area contributed by atoms with Crippen LogP contribution in [-0.2, 0) is 6.54 Å². The van der Waals surface area contributed by atoms with Crippen molar-refractivity contribution in [1.29, 1.82) is 0 Å². The monoisotopic (exact) mass is 393 g/mol. The van der Waals surface area contributed by atoms with Crippen molar-refractivity contribution >= 4 is 28.3 Å². The van der Waals surface area contributed by atoms with Gasteiger partial charge in [-0.3, -0.25) is 4.68 Å². The fourth-order valence-corrected chi connectivity index (χ4v) is 3.65. The number of rotatable bonds is 13. The van der Waals surface area contributed by atoms with Gasteiger partial charge in [0.05, 0.1) is 5.52 Å². The van der Waals surface area contributed by atoms with Crippen LogP contribution in [0.3, 0.4) is 0 Å². The van der Waals surface area contributed by atoms with Gasteiger partial charge in [-0.15, -0.1) is 0 Å². The van der Waals surface area contributed by atoms with Gasteiger partial charge in [0.1, 0.15) is 0 Å². The van der Waals surface area contributed by atoms with Crippen molar-refractivity contribution in [1.82, 2.24) is 19.6 Å². The maximum atomic E-state index is 6.25. The second-order valence-corrected chi connectivity index (χ2v) is 7.36. The molecule has 1 aromatic carbocycles. The summed E-state index contributed by atoms with van der Waals surface area (Å²) in [4.78, 5) is 4.90. The zero-order valence-electron chi connectivity index (χ0n) is 17.5. The van der Waals surface area contributed by atoms with Crippen molar-refractivity contribution in [3.05, 3.63) is 23.2 Å². The number of fused-ring (bicyclic) bond motifs is 1. The summed E-state index contributed by atoms with van der Waals surface area (Å²) in [5.74, 6) is 0.976. The van der Waals surface area contributed by atoms with Gasteiger partial charge < -0.3 is 15.1 Å². The quantitative estimate of drug-likeness (QED) is 0.506. The molecule has 0 aliphatic heterocycles. The summed E-state index contributed by atoms with van der Waals surface area (Å²) in [6.07, 6.45) is 2.21. The molecule has 2 aromatic rings. The fourth-order valence-electron chi connectivity index (χ4n) is 3.48. The maximum absolute atomic E-state index is 6.25. The highest BCUT2D eigenvalue weighted by molar-refractivity contribution is 6.31. The number of nitrogens with zero attached hydrogens (tertiary/aromatic N) is 4. The van der Waals surface area contributed by atoms with E-state index in [1.165, 1.54) is 0 Å². The number of hydrogen-bond acceptors (Lipinski definition) is 4. The second-order valence-electron chi connectivity index (χ2n) is 6.92. The van der Waals surface area contributed by atoms with Crippen LogP contribution in [0, 0.1) is 0 Å². The Morgan fingerprint density at radius 3 is 2.22 bits per heavy atom. The zero-order valence-corrected chi connectivity index (χ0v) is 18.2. The number of aromatic nitrogens is 2. The first kappa shape index (κ1) is 22.0. The van der Waals surface area contributed by atoms with E-state index >= 15 is 0 Å². The first-order chi connectivity index (χ1) is 13.1. The Kier molecular flexibility index (Phi) is 9.39. The third kappa shape index (κ3) is 6.37. The van der Waals surface area contributed by atoms with Crippen LogP contribution in [0.5, 0.6) is 0 Å². The third-order valence-electron chi connectivity index (χ3n) is 5.29. The first-order valence-corrected chi connectivity index (χ1v) is 10.8. The van der Waals surface area contributed by atoms with Gasteiger partial charge in [0.2, 0.25) is 0 Å². The topological polar surface area (TPSA) is 36.3 Å². The molecule has 1 N–H and O–H groups in total. The lowest BCUT2D eigenvalue weighted by Crippen LogP contribution is -2.25. The van der Waals surface area contributed by atoms with Crippen molar-refractivity contribution in [3.63, 3.8) is 0 Å². The van der Waals surface area contributed by atoms with Crippen LogP contribution in [0.4, 0.5) is 5.82 Å². The molecule has 0 aliphatic rings. The molecule has 0 atom stereocenters. The molecule has 0 bridgehead atoms. The molecule has 0 saturated carbocycles. The molecule has 0 radical (unpaired) electrons. The Morgan fingerprint density at radius 2 is 1.59 bits per heavy atom. The Morgan fingerprint density at radius 1 is 0.963 bits per heavy atom. The molecule has 6 heteroatoms. The summed E-state index contributed by atoms with van der Waals surface area (Å²) in [5, 5.41) is 10.3. The van der Waals surface area contributed by atoms with E-state index in [1.54, 1.807) is 0 Å². The minimum atomic E-state index is 0.764. The van der Waals surface area contributed by atoms with Crippen molar-refractivity contribution in [2.75, 3.05) is 51.1 Å². The van der Waals surface area contributed by atoms with Crippen LogP contribution in [0.2, 0.25) is 5.02 Å². The molecule has 0 aliphatic carbocycles. The minimum Gasteiger partial charge on any atom is -0.368 e. The van der Waals surface area contributed by atoms with Crippen LogP contribution < -0.4 is 5.32 Å². The lowest BCUT2D eigenvalue weighted by atomic mass is 10.2. The number of hydrogen-bond donors (Lipinski definition) is 1. The fraction of sp³-hybridized carbons (Fsp3) is 0.667. The van der Waals surface area contributed by atoms with Gasteiger partial charge >= 0.3 is 0 Å². The Hall–Kier alpha value is -1.30. The van der Waals surface area contributed by atoms with E-state index in [1.807, 2.05) is 12.1 Å². The summed E-state index contributed by atoms with van der Waals surface area (Å²) in [6, 6.07) is 6.06. The zero-order chi connectivity index (χ0) is 19.6. The number of aryl methyl sites for hydroxylation is 1. The van der Waals surface area contributed by atoms with Gasteiger partial charge in [-0.25, -0.2) is 0 Å². The molecular formula is C21H36ClN5. The molecule has 0 spiro atoms. The highest BCUT2D eigenvalue weighted by Crippen LogP contribution is 2.26. The third-order valence-corrected chi connectivity index (χ3v) is 5.53. The molecule has 0 saturated heterocycles. The predicted octanol–water partition coefficient (Wildman–Crippen LogP) is 4.57. The number of nitrogens with one attached hydrogen (secondary N) is 1. The van der Waals surface area contributed by atoms with Crippen molar-refractivity contribution < 1.29 is 0 Å². The van der Waals surface area contributed by atoms with Gasteiger partial charge in [0.15, 0.2) is 5.82 Å². The van der Waals surface area contributed by atoms with Crippen LogP contribution in [0.25, 0.3) is 10.9 Å². The van der Waals surface area contributed by atoms with Crippen LogP contribution in [0.15, 0.2) is 18.2 Å². The number of anilines is 1. The predicted molar refractivity (Wildman–Crippen MR) is 118 cm³/mol. The normalized spacial score (nSPS) is 11.8. The largest absolute Gasteiger partial charge is 0.368 e. The van der Waals surface area contributed by atoms with Gasteiger partial charge in [-0.05, 0) is 70.3 Å². The van der Waals surface area contributed by atoms with Crippen LogP contribution in [0.1, 0.15) is 40.5 Å². The molecule has 2 rings (SSSR count). The highest BCUT2D eigenvalue weighted by Gasteiger charge is 2.11. The Bertz CT molecular complexity index is 677. The summed E-state index contributed by atoms with van der Waals surface area (Å²) in [6.45, 7) is 17.3. The van der Waals surface area contributed by atoms with Crippen LogP contribution >= 0.6 is 11.6 Å². The average molecular weight is 394 g/mol. The summed E-state index contributed by atoms with van der Waals surface area (Å²) in [7, 11) is 0. The smallest absolute Gasteiger partial charge is 0.155 e. The lowest BCUT2D eigenvalue weighted by Gasteiger charge is -2.17. The number of benzene rings is 1. The highest BCUT2D eigenvalue weighted by atomic mass is 35.5. The molecule has 1 heterocycles. The molecule has 0 fully saturated rings. The summed E-state index contributed by atoms with van der Waals surface area (Å²) < 4.78 is 2.11. The summed E-state index contributed by atoms with van der Waals surface area (Å²) in [5.41, 5.74) is 1.12. The van der Waals surface area contributed by atoms with E-state index in [0.29, 0.717) is 0 Å². The molecule has 152 valence electrons. The van der Waals surface area contributed by atoms with E-state index < -0.39 is 0 Å². The number of halogens is 1. The van der Waals surface area contributed by atoms with Crippen LogP contribution in [-0.4, -0.2) is 65.4 Å². The average Bonchev–Trinajstić information content (AvgIpc) is 3.02. The van der Waals surface area contributed by atoms with Crippen molar-refractivity contribution in [3.8, 4) is 0 Å². The van der Waals surface area contributed by atoms with Crippen molar-refractivity contribution in [2.24, 2.45) is 0 Å². The molecule has 5 nitrogen and oxygen atoms in total. The lowest BCUT2D eigenvalue weighted by molar-refractivity contribution is 0.292. The minimum absolute atomic E-state index is 0.764. The molecular weight excluding hydrogens is 358 g/mol.